The summed E-state index contributed by atoms with van der Waals surface area (Å²) >= 11 is 4.14. The van der Waals surface area contributed by atoms with Gasteiger partial charge in [-0.15, -0.1) is 11.8 Å². The van der Waals surface area contributed by atoms with Gasteiger partial charge in [-0.2, -0.15) is 11.8 Å². The molecule has 48 valence electrons. The summed E-state index contributed by atoms with van der Waals surface area (Å²) in [5.41, 5.74) is 0. The lowest BCUT2D eigenvalue weighted by molar-refractivity contribution is 0.689. The van der Waals surface area contributed by atoms with E-state index >= 15 is 0 Å². The van der Waals surface area contributed by atoms with Gasteiger partial charge in [-0.3, -0.25) is 0 Å². The summed E-state index contributed by atoms with van der Waals surface area (Å²) in [5.74, 6) is 1.36. The van der Waals surface area contributed by atoms with Crippen LogP contribution in [0.3, 0.4) is 0 Å². The van der Waals surface area contributed by atoms with Gasteiger partial charge < -0.3 is 0 Å². The average Bonchev–Trinajstić information content (AvgIpc) is 1.65. The molecule has 0 amide bonds. The highest BCUT2D eigenvalue weighted by Gasteiger charge is 2.21. The van der Waals surface area contributed by atoms with Crippen LogP contribution in [0.5, 0.6) is 0 Å². The lowest BCUT2D eigenvalue weighted by atomic mass is 10.1. The van der Waals surface area contributed by atoms with Gasteiger partial charge >= 0.3 is 0 Å². The summed E-state index contributed by atoms with van der Waals surface area (Å²) < 4.78 is 0.575. The Hall–Kier alpha value is 0.700. The van der Waals surface area contributed by atoms with Gasteiger partial charge in [-0.05, 0) is 12.2 Å². The smallest absolute Gasteiger partial charge is 0.0397 e. The van der Waals surface area contributed by atoms with E-state index in [-0.39, 0.29) is 0 Å². The third-order valence-electron chi connectivity index (χ3n) is 1.38. The summed E-state index contributed by atoms with van der Waals surface area (Å²) in [5, 5.41) is 1.30. The van der Waals surface area contributed by atoms with Gasteiger partial charge in [0.2, 0.25) is 0 Å². The van der Waals surface area contributed by atoms with E-state index in [1.165, 1.54) is 17.3 Å². The molecule has 0 N–H and O–H groups in total. The van der Waals surface area contributed by atoms with Crippen LogP contribution in [0.2, 0.25) is 0 Å². The van der Waals surface area contributed by atoms with Crippen LogP contribution < -0.4 is 0 Å². The summed E-state index contributed by atoms with van der Waals surface area (Å²) in [6, 6.07) is 0. The topological polar surface area (TPSA) is 0 Å². The van der Waals surface area contributed by atoms with Gasteiger partial charge in [-0.1, -0.05) is 13.8 Å². The van der Waals surface area contributed by atoms with E-state index in [1.54, 1.807) is 0 Å². The van der Waals surface area contributed by atoms with Crippen molar-refractivity contribution in [2.45, 2.75) is 25.0 Å². The molecule has 0 radical (unpaired) electrons. The average molecular weight is 148 g/mol. The minimum Gasteiger partial charge on any atom is -0.151 e. The number of hydrogen-bond acceptors (Lipinski definition) is 2. The van der Waals surface area contributed by atoms with Gasteiger partial charge in [0.15, 0.2) is 0 Å². The second-order valence-corrected chi connectivity index (χ2v) is 5.83. The van der Waals surface area contributed by atoms with Crippen molar-refractivity contribution in [2.24, 2.45) is 0 Å². The van der Waals surface area contributed by atoms with Crippen molar-refractivity contribution in [3.8, 4) is 0 Å². The molecule has 0 spiro atoms. The standard InChI is InChI=1S/C6H12S2/c1-6(2)3-4-7-5-8-6/h3-5H2,1-2H3. The quantitative estimate of drug-likeness (QED) is 0.518. The maximum absolute atomic E-state index is 2.33. The van der Waals surface area contributed by atoms with E-state index in [4.69, 9.17) is 0 Å². The molecule has 8 heavy (non-hydrogen) atoms. The summed E-state index contributed by atoms with van der Waals surface area (Å²) in [4.78, 5) is 0. The molecule has 2 heteroatoms. The zero-order valence-electron chi connectivity index (χ0n) is 5.44. The van der Waals surface area contributed by atoms with Gasteiger partial charge in [0, 0.05) is 9.83 Å². The van der Waals surface area contributed by atoms with E-state index in [2.05, 4.69) is 37.4 Å². The van der Waals surface area contributed by atoms with Crippen LogP contribution in [0.25, 0.3) is 0 Å². The molecular weight excluding hydrogens is 136 g/mol. The Morgan fingerprint density at radius 2 is 2.12 bits per heavy atom. The Morgan fingerprint density at radius 3 is 2.38 bits per heavy atom. The zero-order valence-corrected chi connectivity index (χ0v) is 7.07. The largest absolute Gasteiger partial charge is 0.151 e. The molecular formula is C6H12S2. The van der Waals surface area contributed by atoms with E-state index < -0.39 is 0 Å². The maximum Gasteiger partial charge on any atom is 0.0397 e. The first kappa shape index (κ1) is 6.81. The molecule has 0 bridgehead atoms. The Balaban J connectivity index is 2.33. The predicted molar refractivity (Wildman–Crippen MR) is 43.6 cm³/mol. The van der Waals surface area contributed by atoms with Crippen molar-refractivity contribution < 1.29 is 0 Å². The fourth-order valence-corrected chi connectivity index (χ4v) is 3.76. The van der Waals surface area contributed by atoms with Crippen molar-refractivity contribution >= 4 is 23.5 Å². The zero-order chi connectivity index (χ0) is 6.04. The molecule has 0 saturated carbocycles. The molecule has 1 rings (SSSR count). The lowest BCUT2D eigenvalue weighted by Gasteiger charge is -2.27. The SMILES string of the molecule is CC1(C)CCSCS1. The predicted octanol–water partition coefficient (Wildman–Crippen LogP) is 2.59. The Morgan fingerprint density at radius 1 is 1.38 bits per heavy atom. The molecule has 0 nitrogen and oxygen atoms in total. The molecule has 1 heterocycles. The third-order valence-corrected chi connectivity index (χ3v) is 4.00. The number of thioether (sulfide) groups is 2. The normalized spacial score (nSPS) is 27.8. The van der Waals surface area contributed by atoms with E-state index in [1.807, 2.05) is 0 Å². The second kappa shape index (κ2) is 2.53. The third kappa shape index (κ3) is 1.90. The Bertz CT molecular complexity index is 70.6. The fourth-order valence-electron chi connectivity index (χ4n) is 0.650. The second-order valence-electron chi connectivity index (χ2n) is 2.68. The highest BCUT2D eigenvalue weighted by Crippen LogP contribution is 2.36. The summed E-state index contributed by atoms with van der Waals surface area (Å²) in [6.07, 6.45) is 1.38. The minimum absolute atomic E-state index is 0.575. The Kier molecular flexibility index (Phi) is 2.15. The van der Waals surface area contributed by atoms with Crippen LogP contribution >= 0.6 is 23.5 Å². The van der Waals surface area contributed by atoms with E-state index in [9.17, 15) is 0 Å². The Labute approximate surface area is 59.8 Å². The molecule has 1 fully saturated rings. The van der Waals surface area contributed by atoms with Crippen LogP contribution in [0, 0.1) is 0 Å². The number of hydrogen-bond donors (Lipinski definition) is 0. The van der Waals surface area contributed by atoms with Crippen molar-refractivity contribution in [1.82, 2.24) is 0 Å². The van der Waals surface area contributed by atoms with Crippen molar-refractivity contribution in [2.75, 3.05) is 10.8 Å². The highest BCUT2D eigenvalue weighted by molar-refractivity contribution is 8.17. The van der Waals surface area contributed by atoms with Gasteiger partial charge in [0.05, 0.1) is 0 Å². The van der Waals surface area contributed by atoms with Crippen molar-refractivity contribution in [1.29, 1.82) is 0 Å². The summed E-state index contributed by atoms with van der Waals surface area (Å²) in [7, 11) is 0. The monoisotopic (exact) mass is 148 g/mol. The minimum atomic E-state index is 0.575. The van der Waals surface area contributed by atoms with Crippen molar-refractivity contribution in [3.05, 3.63) is 0 Å². The van der Waals surface area contributed by atoms with Crippen LogP contribution in [0.4, 0.5) is 0 Å². The molecule has 0 aromatic rings. The molecule has 0 unspecified atom stereocenters. The van der Waals surface area contributed by atoms with Crippen LogP contribution in [-0.4, -0.2) is 15.6 Å². The first-order valence-electron chi connectivity index (χ1n) is 2.92. The molecule has 1 aliphatic heterocycles. The lowest BCUT2D eigenvalue weighted by Crippen LogP contribution is -2.19. The molecule has 1 saturated heterocycles. The molecule has 0 atom stereocenters. The summed E-state index contributed by atoms with van der Waals surface area (Å²) in [6.45, 7) is 4.66. The van der Waals surface area contributed by atoms with Gasteiger partial charge in [0.25, 0.3) is 0 Å². The molecule has 0 aromatic carbocycles. The van der Waals surface area contributed by atoms with Crippen molar-refractivity contribution in [3.63, 3.8) is 0 Å². The van der Waals surface area contributed by atoms with Gasteiger partial charge in [-0.25, -0.2) is 0 Å². The fraction of sp³-hybridized carbons (Fsp3) is 1.00. The molecule has 0 aliphatic carbocycles. The van der Waals surface area contributed by atoms with Gasteiger partial charge in [0.1, 0.15) is 0 Å². The number of rotatable bonds is 0. The van der Waals surface area contributed by atoms with Crippen LogP contribution in [-0.2, 0) is 0 Å². The molecule has 0 aromatic heterocycles. The van der Waals surface area contributed by atoms with E-state index in [0.29, 0.717) is 4.75 Å². The van der Waals surface area contributed by atoms with E-state index in [0.717, 1.165) is 0 Å². The highest BCUT2D eigenvalue weighted by atomic mass is 32.2. The first-order valence-corrected chi connectivity index (χ1v) is 5.06. The first-order chi connectivity index (χ1) is 3.71. The molecule has 1 aliphatic rings. The van der Waals surface area contributed by atoms with Crippen LogP contribution in [0.1, 0.15) is 20.3 Å². The van der Waals surface area contributed by atoms with Crippen LogP contribution in [0.15, 0.2) is 0 Å². The maximum atomic E-state index is 2.33.